The molecule has 146 valence electrons. The van der Waals surface area contributed by atoms with Gasteiger partial charge in [0.05, 0.1) is 9.58 Å². The zero-order chi connectivity index (χ0) is 19.0. The van der Waals surface area contributed by atoms with E-state index in [1.807, 2.05) is 15.9 Å². The molecule has 0 unspecified atom stereocenters. The van der Waals surface area contributed by atoms with Crippen molar-refractivity contribution in [3.05, 3.63) is 10.9 Å². The third kappa shape index (κ3) is 3.57. The zero-order valence-corrected chi connectivity index (χ0v) is 17.6. The number of rotatable bonds is 5. The van der Waals surface area contributed by atoms with Crippen LogP contribution >= 0.6 is 22.7 Å². The summed E-state index contributed by atoms with van der Waals surface area (Å²) in [5.41, 5.74) is 0. The third-order valence-corrected chi connectivity index (χ3v) is 7.87. The number of hydrogen-bond acceptors (Lipinski definition) is 6. The molecule has 27 heavy (non-hydrogen) atoms. The second-order valence-electron chi connectivity index (χ2n) is 7.19. The van der Waals surface area contributed by atoms with E-state index >= 15 is 0 Å². The number of carbonyl (C=O) groups is 2. The van der Waals surface area contributed by atoms with Gasteiger partial charge in [0.15, 0.2) is 5.13 Å². The highest BCUT2D eigenvalue weighted by atomic mass is 32.1. The Morgan fingerprint density at radius 3 is 2.33 bits per heavy atom. The third-order valence-electron chi connectivity index (χ3n) is 5.66. The minimum atomic E-state index is 0.0744. The van der Waals surface area contributed by atoms with E-state index in [4.69, 9.17) is 4.98 Å². The molecule has 1 aliphatic heterocycles. The second kappa shape index (κ2) is 7.75. The van der Waals surface area contributed by atoms with Gasteiger partial charge in [0.2, 0.25) is 5.91 Å². The first-order chi connectivity index (χ1) is 13.1. The van der Waals surface area contributed by atoms with E-state index in [0.29, 0.717) is 26.2 Å². The minimum absolute atomic E-state index is 0.0744. The van der Waals surface area contributed by atoms with Crippen LogP contribution in [0.2, 0.25) is 0 Å². The van der Waals surface area contributed by atoms with Crippen LogP contribution in [0.3, 0.4) is 0 Å². The molecule has 0 aromatic carbocycles. The van der Waals surface area contributed by atoms with E-state index < -0.39 is 0 Å². The van der Waals surface area contributed by atoms with Crippen LogP contribution < -0.4 is 4.90 Å². The largest absolute Gasteiger partial charge is 0.349 e. The number of thiazole rings is 1. The molecule has 4 rings (SSSR count). The Balaban J connectivity index is 1.39. The summed E-state index contributed by atoms with van der Waals surface area (Å²) in [6.45, 7) is 8.70. The van der Waals surface area contributed by atoms with Crippen molar-refractivity contribution in [1.29, 1.82) is 0 Å². The fourth-order valence-corrected chi connectivity index (χ4v) is 5.96. The fourth-order valence-electron chi connectivity index (χ4n) is 3.66. The first-order valence-corrected chi connectivity index (χ1v) is 11.5. The van der Waals surface area contributed by atoms with Crippen LogP contribution in [0, 0.1) is 5.92 Å². The van der Waals surface area contributed by atoms with Gasteiger partial charge in [-0.1, -0.05) is 17.8 Å². The van der Waals surface area contributed by atoms with Gasteiger partial charge in [-0.3, -0.25) is 9.59 Å². The molecule has 1 saturated heterocycles. The van der Waals surface area contributed by atoms with E-state index in [1.165, 1.54) is 17.8 Å². The van der Waals surface area contributed by atoms with Crippen LogP contribution in [0.5, 0.6) is 0 Å². The van der Waals surface area contributed by atoms with Gasteiger partial charge >= 0.3 is 0 Å². The van der Waals surface area contributed by atoms with Crippen LogP contribution in [0.15, 0.2) is 6.07 Å². The molecular formula is C19H26N4O2S2. The maximum Gasteiger partial charge on any atom is 0.264 e. The summed E-state index contributed by atoms with van der Waals surface area (Å²) >= 11 is 3.14. The molecule has 2 aliphatic rings. The average Bonchev–Trinajstić information content (AvgIpc) is 3.20. The quantitative estimate of drug-likeness (QED) is 0.765. The normalized spacial score (nSPS) is 18.0. The predicted octanol–water partition coefficient (Wildman–Crippen LogP) is 3.29. The van der Waals surface area contributed by atoms with Gasteiger partial charge in [0.25, 0.3) is 5.91 Å². The number of aromatic nitrogens is 1. The number of amides is 2. The van der Waals surface area contributed by atoms with E-state index in [1.54, 1.807) is 11.3 Å². The summed E-state index contributed by atoms with van der Waals surface area (Å²) in [6, 6.07) is 1.99. The van der Waals surface area contributed by atoms with Crippen molar-refractivity contribution >= 4 is 49.1 Å². The molecule has 2 fully saturated rings. The summed E-state index contributed by atoms with van der Waals surface area (Å²) in [5, 5.41) is 1.03. The molecule has 0 spiro atoms. The van der Waals surface area contributed by atoms with Crippen LogP contribution in [-0.4, -0.2) is 65.9 Å². The van der Waals surface area contributed by atoms with Crippen molar-refractivity contribution in [3.8, 4) is 0 Å². The monoisotopic (exact) mass is 406 g/mol. The molecule has 6 nitrogen and oxygen atoms in total. The average molecular weight is 407 g/mol. The van der Waals surface area contributed by atoms with Crippen LogP contribution in [-0.2, 0) is 4.79 Å². The Bertz CT molecular complexity index is 798. The topological polar surface area (TPSA) is 56.8 Å². The number of piperazine rings is 1. The highest BCUT2D eigenvalue weighted by molar-refractivity contribution is 7.29. The van der Waals surface area contributed by atoms with Gasteiger partial charge in [0.1, 0.15) is 4.83 Å². The van der Waals surface area contributed by atoms with Crippen LogP contribution in [0.4, 0.5) is 5.13 Å². The number of anilines is 1. The molecule has 2 aromatic heterocycles. The van der Waals surface area contributed by atoms with E-state index in [0.717, 1.165) is 45.5 Å². The van der Waals surface area contributed by atoms with Gasteiger partial charge in [-0.2, -0.15) is 0 Å². The van der Waals surface area contributed by atoms with E-state index in [9.17, 15) is 9.59 Å². The molecule has 0 N–H and O–H groups in total. The van der Waals surface area contributed by atoms with Crippen molar-refractivity contribution in [2.24, 2.45) is 5.92 Å². The van der Waals surface area contributed by atoms with E-state index in [2.05, 4.69) is 18.7 Å². The summed E-state index contributed by atoms with van der Waals surface area (Å²) < 4.78 is 1.09. The van der Waals surface area contributed by atoms with Gasteiger partial charge in [-0.15, -0.1) is 11.3 Å². The molecule has 0 bridgehead atoms. The number of nitrogens with zero attached hydrogens (tertiary/aromatic N) is 4. The van der Waals surface area contributed by atoms with Gasteiger partial charge in [-0.05, 0) is 32.8 Å². The highest BCUT2D eigenvalue weighted by Crippen LogP contribution is 2.35. The predicted molar refractivity (Wildman–Crippen MR) is 111 cm³/mol. The molecule has 1 saturated carbocycles. The Labute approximate surface area is 167 Å². The van der Waals surface area contributed by atoms with Crippen molar-refractivity contribution in [2.45, 2.75) is 33.1 Å². The van der Waals surface area contributed by atoms with E-state index in [-0.39, 0.29) is 17.7 Å². The molecule has 1 aliphatic carbocycles. The zero-order valence-electron chi connectivity index (χ0n) is 15.9. The second-order valence-corrected chi connectivity index (χ2v) is 9.23. The highest BCUT2D eigenvalue weighted by Gasteiger charge is 2.32. The van der Waals surface area contributed by atoms with Gasteiger partial charge in [-0.25, -0.2) is 4.98 Å². The lowest BCUT2D eigenvalue weighted by Crippen LogP contribution is -2.52. The minimum Gasteiger partial charge on any atom is -0.349 e. The maximum absolute atomic E-state index is 12.9. The molecule has 0 radical (unpaired) electrons. The van der Waals surface area contributed by atoms with Crippen molar-refractivity contribution < 1.29 is 9.59 Å². The Kier molecular flexibility index (Phi) is 5.36. The standard InChI is InChI=1S/C19H26N4O2S2/c1-3-21(4-2)19-20-16-14(27-19)12-15(26-16)18(25)23-10-8-22(9-11-23)17(24)13-6-5-7-13/h12-13H,3-11H2,1-2H3. The molecule has 0 atom stereocenters. The number of fused-ring (bicyclic) bond motifs is 1. The lowest BCUT2D eigenvalue weighted by atomic mass is 9.84. The molecule has 2 amide bonds. The smallest absolute Gasteiger partial charge is 0.264 e. The lowest BCUT2D eigenvalue weighted by Gasteiger charge is -2.38. The SMILES string of the molecule is CCN(CC)c1nc2sc(C(=O)N3CCN(C(=O)C4CCC4)CC3)cc2s1. The summed E-state index contributed by atoms with van der Waals surface area (Å²) in [6.07, 6.45) is 3.24. The first kappa shape index (κ1) is 18.7. The molecule has 3 heterocycles. The summed E-state index contributed by atoms with van der Waals surface area (Å²) in [4.78, 5) is 37.7. The molecule has 8 heteroatoms. The van der Waals surface area contributed by atoms with Gasteiger partial charge < -0.3 is 14.7 Å². The summed E-state index contributed by atoms with van der Waals surface area (Å²) in [7, 11) is 0. The number of hydrogen-bond donors (Lipinski definition) is 0. The number of thiophene rings is 1. The number of carbonyl (C=O) groups excluding carboxylic acids is 2. The van der Waals surface area contributed by atoms with Crippen LogP contribution in [0.1, 0.15) is 42.8 Å². The molecular weight excluding hydrogens is 380 g/mol. The fraction of sp³-hybridized carbons (Fsp3) is 0.632. The lowest BCUT2D eigenvalue weighted by molar-refractivity contribution is -0.139. The van der Waals surface area contributed by atoms with Crippen molar-refractivity contribution in [3.63, 3.8) is 0 Å². The first-order valence-electron chi connectivity index (χ1n) is 9.84. The van der Waals surface area contributed by atoms with Crippen molar-refractivity contribution in [2.75, 3.05) is 44.2 Å². The van der Waals surface area contributed by atoms with Gasteiger partial charge in [0, 0.05) is 45.2 Å². The Morgan fingerprint density at radius 2 is 1.78 bits per heavy atom. The Morgan fingerprint density at radius 1 is 1.11 bits per heavy atom. The molecule has 2 aromatic rings. The van der Waals surface area contributed by atoms with Crippen LogP contribution in [0.25, 0.3) is 9.53 Å². The van der Waals surface area contributed by atoms with Crippen molar-refractivity contribution in [1.82, 2.24) is 14.8 Å². The maximum atomic E-state index is 12.9. The Hall–Kier alpha value is -1.67. The summed E-state index contributed by atoms with van der Waals surface area (Å²) in [5.74, 6) is 0.603.